The van der Waals surface area contributed by atoms with Gasteiger partial charge >= 0.3 is 0 Å². The lowest BCUT2D eigenvalue weighted by atomic mass is 10.3. The Labute approximate surface area is 144 Å². The fourth-order valence-electron chi connectivity index (χ4n) is 1.91. The van der Waals surface area contributed by atoms with Crippen LogP contribution in [-0.2, 0) is 22.0 Å². The average Bonchev–Trinajstić information content (AvgIpc) is 2.61. The Hall–Kier alpha value is -2.03. The summed E-state index contributed by atoms with van der Waals surface area (Å²) in [5.41, 5.74) is 0.786. The van der Waals surface area contributed by atoms with Gasteiger partial charge in [0, 0.05) is 49.4 Å². The van der Waals surface area contributed by atoms with E-state index in [1.54, 1.807) is 37.3 Å². The Kier molecular flexibility index (Phi) is 7.10. The molecule has 0 aromatic carbocycles. The molecule has 2 heterocycles. The summed E-state index contributed by atoms with van der Waals surface area (Å²) in [5.74, 6) is 1.51. The zero-order valence-electron chi connectivity index (χ0n) is 13.9. The highest BCUT2D eigenvalue weighted by Gasteiger charge is 2.09. The van der Waals surface area contributed by atoms with Gasteiger partial charge in [-0.15, -0.1) is 11.8 Å². The zero-order valence-corrected chi connectivity index (χ0v) is 14.7. The van der Waals surface area contributed by atoms with Crippen LogP contribution in [0.4, 0.5) is 0 Å². The Morgan fingerprint density at radius 2 is 2.04 bits per heavy atom. The summed E-state index contributed by atoms with van der Waals surface area (Å²) in [6, 6.07) is 5.47. The maximum Gasteiger partial charge on any atom is 0.294 e. The Morgan fingerprint density at radius 3 is 2.67 bits per heavy atom. The minimum atomic E-state index is -0.260. The van der Waals surface area contributed by atoms with Gasteiger partial charge in [-0.2, -0.15) is 0 Å². The molecule has 0 fully saturated rings. The van der Waals surface area contributed by atoms with E-state index < -0.39 is 0 Å². The van der Waals surface area contributed by atoms with E-state index in [1.165, 1.54) is 18.8 Å². The van der Waals surface area contributed by atoms with Crippen molar-refractivity contribution < 1.29 is 18.9 Å². The van der Waals surface area contributed by atoms with Gasteiger partial charge in [0.1, 0.15) is 6.73 Å². The van der Waals surface area contributed by atoms with E-state index in [9.17, 15) is 4.79 Å². The standard InChI is InChI=1S/C16H20N2O5S/c1-20-10-18-8-13(6-14(16(18)19)23-11-21-2)24-9-12-4-5-15(22-3)17-7-12/h4-8H,9-11H2,1-3H3. The van der Waals surface area contributed by atoms with Crippen LogP contribution in [0.1, 0.15) is 5.56 Å². The predicted octanol–water partition coefficient (Wildman–Crippen LogP) is 2.13. The molecule has 0 aliphatic carbocycles. The van der Waals surface area contributed by atoms with Crippen molar-refractivity contribution >= 4 is 11.8 Å². The minimum absolute atomic E-state index is 0.0126. The van der Waals surface area contributed by atoms with Crippen LogP contribution in [0.15, 0.2) is 40.3 Å². The summed E-state index contributed by atoms with van der Waals surface area (Å²) in [4.78, 5) is 17.3. The Balaban J connectivity index is 2.15. The molecule has 0 radical (unpaired) electrons. The highest BCUT2D eigenvalue weighted by atomic mass is 32.2. The molecule has 7 nitrogen and oxygen atoms in total. The van der Waals surface area contributed by atoms with Gasteiger partial charge in [-0.3, -0.25) is 9.36 Å². The van der Waals surface area contributed by atoms with Crippen LogP contribution in [-0.4, -0.2) is 37.7 Å². The number of methoxy groups -OCH3 is 3. The molecule has 0 saturated heterocycles. The smallest absolute Gasteiger partial charge is 0.294 e. The number of hydrogen-bond donors (Lipinski definition) is 0. The van der Waals surface area contributed by atoms with Crippen molar-refractivity contribution in [1.82, 2.24) is 9.55 Å². The van der Waals surface area contributed by atoms with Crippen molar-refractivity contribution in [3.63, 3.8) is 0 Å². The monoisotopic (exact) mass is 352 g/mol. The molecule has 0 atom stereocenters. The number of nitrogens with zero attached hydrogens (tertiary/aromatic N) is 2. The van der Waals surface area contributed by atoms with E-state index in [0.717, 1.165) is 10.5 Å². The van der Waals surface area contributed by atoms with Crippen LogP contribution >= 0.6 is 11.8 Å². The van der Waals surface area contributed by atoms with E-state index >= 15 is 0 Å². The summed E-state index contributed by atoms with van der Waals surface area (Å²) < 4.78 is 21.8. The van der Waals surface area contributed by atoms with E-state index in [-0.39, 0.29) is 24.8 Å². The van der Waals surface area contributed by atoms with Crippen LogP contribution in [0.25, 0.3) is 0 Å². The van der Waals surface area contributed by atoms with Gasteiger partial charge in [-0.1, -0.05) is 6.07 Å². The summed E-state index contributed by atoms with van der Waals surface area (Å²) in [5, 5.41) is 0. The number of pyridine rings is 2. The van der Waals surface area contributed by atoms with Gasteiger partial charge < -0.3 is 18.9 Å². The van der Waals surface area contributed by atoms with Crippen LogP contribution in [0.5, 0.6) is 11.6 Å². The molecule has 0 bridgehead atoms. The summed E-state index contributed by atoms with van der Waals surface area (Å²) in [7, 11) is 4.62. The largest absolute Gasteiger partial charge is 0.481 e. The first-order chi connectivity index (χ1) is 11.7. The number of rotatable bonds is 9. The molecular weight excluding hydrogens is 332 g/mol. The number of aromatic nitrogens is 2. The Bertz CT molecular complexity index is 703. The molecule has 24 heavy (non-hydrogen) atoms. The lowest BCUT2D eigenvalue weighted by molar-refractivity contribution is 0.0483. The minimum Gasteiger partial charge on any atom is -0.481 e. The van der Waals surface area contributed by atoms with Crippen molar-refractivity contribution in [1.29, 1.82) is 0 Å². The van der Waals surface area contributed by atoms with Crippen LogP contribution in [0, 0.1) is 0 Å². The quantitative estimate of drug-likeness (QED) is 0.506. The molecule has 0 spiro atoms. The van der Waals surface area contributed by atoms with E-state index in [4.69, 9.17) is 18.9 Å². The third kappa shape index (κ3) is 4.98. The van der Waals surface area contributed by atoms with Gasteiger partial charge in [0.05, 0.1) is 7.11 Å². The highest BCUT2D eigenvalue weighted by molar-refractivity contribution is 7.98. The number of hydrogen-bond acceptors (Lipinski definition) is 7. The molecule has 2 aromatic rings. The average molecular weight is 352 g/mol. The van der Waals surface area contributed by atoms with Crippen molar-refractivity contribution in [2.24, 2.45) is 0 Å². The molecule has 0 saturated carbocycles. The molecule has 130 valence electrons. The molecular formula is C16H20N2O5S. The third-order valence-electron chi connectivity index (χ3n) is 3.04. The second-order valence-electron chi connectivity index (χ2n) is 4.78. The van der Waals surface area contributed by atoms with Gasteiger partial charge in [0.25, 0.3) is 5.56 Å². The lowest BCUT2D eigenvalue weighted by Gasteiger charge is -2.11. The Morgan fingerprint density at radius 1 is 1.21 bits per heavy atom. The fraction of sp³-hybridized carbons (Fsp3) is 0.375. The van der Waals surface area contributed by atoms with Crippen LogP contribution < -0.4 is 15.0 Å². The van der Waals surface area contributed by atoms with Crippen LogP contribution in [0.3, 0.4) is 0 Å². The van der Waals surface area contributed by atoms with Crippen molar-refractivity contribution in [2.75, 3.05) is 28.1 Å². The van der Waals surface area contributed by atoms with Gasteiger partial charge in [-0.05, 0) is 5.56 Å². The van der Waals surface area contributed by atoms with Crippen molar-refractivity contribution in [3.05, 3.63) is 46.5 Å². The molecule has 0 unspecified atom stereocenters. The van der Waals surface area contributed by atoms with Gasteiger partial charge in [0.15, 0.2) is 12.5 Å². The second-order valence-corrected chi connectivity index (χ2v) is 5.83. The van der Waals surface area contributed by atoms with E-state index in [0.29, 0.717) is 11.6 Å². The molecule has 0 aliphatic rings. The number of ether oxygens (including phenoxy) is 4. The van der Waals surface area contributed by atoms with Gasteiger partial charge in [0.2, 0.25) is 5.88 Å². The fourth-order valence-corrected chi connectivity index (χ4v) is 2.80. The highest BCUT2D eigenvalue weighted by Crippen LogP contribution is 2.24. The molecule has 0 N–H and O–H groups in total. The van der Waals surface area contributed by atoms with E-state index in [2.05, 4.69) is 4.98 Å². The summed E-state index contributed by atoms with van der Waals surface area (Å²) in [6.07, 6.45) is 3.51. The first-order valence-electron chi connectivity index (χ1n) is 7.14. The lowest BCUT2D eigenvalue weighted by Crippen LogP contribution is -2.23. The molecule has 0 aliphatic heterocycles. The maximum atomic E-state index is 12.2. The van der Waals surface area contributed by atoms with Crippen LogP contribution in [0.2, 0.25) is 0 Å². The topological polar surface area (TPSA) is 71.8 Å². The second kappa shape index (κ2) is 9.31. The summed E-state index contributed by atoms with van der Waals surface area (Å²) in [6.45, 7) is 0.166. The summed E-state index contributed by atoms with van der Waals surface area (Å²) >= 11 is 1.57. The first-order valence-corrected chi connectivity index (χ1v) is 8.13. The third-order valence-corrected chi connectivity index (χ3v) is 4.08. The van der Waals surface area contributed by atoms with Gasteiger partial charge in [-0.25, -0.2) is 4.98 Å². The normalized spacial score (nSPS) is 10.6. The predicted molar refractivity (Wildman–Crippen MR) is 90.6 cm³/mol. The molecule has 0 amide bonds. The van der Waals surface area contributed by atoms with Crippen molar-refractivity contribution in [2.45, 2.75) is 17.4 Å². The van der Waals surface area contributed by atoms with E-state index in [1.807, 2.05) is 12.1 Å². The maximum absolute atomic E-state index is 12.2. The molecule has 2 rings (SSSR count). The molecule has 2 aromatic heterocycles. The number of thioether (sulfide) groups is 1. The SMILES string of the molecule is COCOc1cc(SCc2ccc(OC)nc2)cn(COC)c1=O. The van der Waals surface area contributed by atoms with Crippen molar-refractivity contribution in [3.8, 4) is 11.6 Å². The zero-order chi connectivity index (χ0) is 17.4. The first kappa shape index (κ1) is 18.3. The molecule has 8 heteroatoms.